The van der Waals surface area contributed by atoms with Crippen molar-refractivity contribution in [3.05, 3.63) is 82.4 Å². The van der Waals surface area contributed by atoms with Crippen molar-refractivity contribution in [2.24, 2.45) is 5.16 Å². The van der Waals surface area contributed by atoms with Crippen molar-refractivity contribution in [2.45, 2.75) is 38.2 Å². The van der Waals surface area contributed by atoms with Gasteiger partial charge in [-0.25, -0.2) is 0 Å². The van der Waals surface area contributed by atoms with Crippen LogP contribution >= 0.6 is 0 Å². The van der Waals surface area contributed by atoms with Gasteiger partial charge in [-0.3, -0.25) is 9.59 Å². The van der Waals surface area contributed by atoms with Crippen molar-refractivity contribution in [3.8, 4) is 0 Å². The first-order valence-electron chi connectivity index (χ1n) is 11.8. The lowest BCUT2D eigenvalue weighted by atomic mass is 9.84. The molecule has 12 heteroatoms. The summed E-state index contributed by atoms with van der Waals surface area (Å²) in [5.41, 5.74) is -4.85. The summed E-state index contributed by atoms with van der Waals surface area (Å²) in [5.74, 6) is -0.963. The number of carbonyl (C=O) groups excluding carboxylic acids is 2. The molecule has 39 heavy (non-hydrogen) atoms. The second kappa shape index (κ2) is 10.2. The molecule has 4 rings (SSSR count). The number of nitrogens with zero attached hydrogens (tertiary/aromatic N) is 1. The number of halogens is 6. The van der Waals surface area contributed by atoms with Gasteiger partial charge in [-0.1, -0.05) is 47.1 Å². The van der Waals surface area contributed by atoms with E-state index < -0.39 is 47.3 Å². The zero-order valence-corrected chi connectivity index (χ0v) is 20.8. The zero-order valence-electron chi connectivity index (χ0n) is 20.8. The maximum absolute atomic E-state index is 14.5. The second-order valence-electron chi connectivity index (χ2n) is 9.06. The second-order valence-corrected chi connectivity index (χ2v) is 9.06. The van der Waals surface area contributed by atoms with E-state index in [2.05, 4.69) is 15.8 Å². The number of carbonyl (C=O) groups is 2. The molecule has 3 aromatic rings. The summed E-state index contributed by atoms with van der Waals surface area (Å²) in [5, 5.41) is 9.49. The molecule has 1 aliphatic heterocycles. The summed E-state index contributed by atoms with van der Waals surface area (Å²) < 4.78 is 83.6. The first-order chi connectivity index (χ1) is 18.3. The highest BCUT2D eigenvalue weighted by atomic mass is 19.4. The number of hydrogen-bond donors (Lipinski definition) is 2. The van der Waals surface area contributed by atoms with Crippen LogP contribution < -0.4 is 10.6 Å². The number of benzene rings is 3. The molecule has 0 saturated heterocycles. The Morgan fingerprint density at radius 1 is 0.974 bits per heavy atom. The predicted octanol–water partition coefficient (Wildman–Crippen LogP) is 5.62. The Bertz CT molecular complexity index is 1470. The number of nitrogens with one attached hydrogen (secondary N) is 2. The average Bonchev–Trinajstić information content (AvgIpc) is 3.33. The lowest BCUT2D eigenvalue weighted by Crippen LogP contribution is -2.43. The lowest BCUT2D eigenvalue weighted by Gasteiger charge is -2.30. The quantitative estimate of drug-likeness (QED) is 0.391. The van der Waals surface area contributed by atoms with Gasteiger partial charge in [0, 0.05) is 29.7 Å². The molecule has 0 unspecified atom stereocenters. The Labute approximate surface area is 219 Å². The summed E-state index contributed by atoms with van der Waals surface area (Å²) >= 11 is 0. The third-order valence-electron chi connectivity index (χ3n) is 6.32. The molecule has 0 bridgehead atoms. The van der Waals surface area contributed by atoms with Gasteiger partial charge in [-0.2, -0.15) is 26.3 Å². The maximum atomic E-state index is 14.5. The molecule has 0 aliphatic carbocycles. The van der Waals surface area contributed by atoms with Crippen molar-refractivity contribution < 1.29 is 40.8 Å². The molecule has 0 fully saturated rings. The lowest BCUT2D eigenvalue weighted by molar-refractivity contribution is -0.276. The van der Waals surface area contributed by atoms with E-state index in [9.17, 15) is 35.9 Å². The molecule has 206 valence electrons. The minimum Gasteiger partial charge on any atom is -0.374 e. The molecule has 0 radical (unpaired) electrons. The molecule has 1 heterocycles. The predicted molar refractivity (Wildman–Crippen MR) is 131 cm³/mol. The monoisotopic (exact) mass is 551 g/mol. The van der Waals surface area contributed by atoms with Crippen molar-refractivity contribution >= 4 is 28.3 Å². The Morgan fingerprint density at radius 2 is 1.67 bits per heavy atom. The largest absolute Gasteiger partial charge is 0.435 e. The van der Waals surface area contributed by atoms with Gasteiger partial charge in [0.2, 0.25) is 5.91 Å². The van der Waals surface area contributed by atoms with Gasteiger partial charge in [0.05, 0.1) is 17.8 Å². The number of aryl methyl sites for hydroxylation is 1. The van der Waals surface area contributed by atoms with E-state index in [1.807, 2.05) is 0 Å². The van der Waals surface area contributed by atoms with Crippen LogP contribution in [0.1, 0.15) is 46.0 Å². The van der Waals surface area contributed by atoms with E-state index in [4.69, 9.17) is 4.84 Å². The molecule has 0 saturated carbocycles. The van der Waals surface area contributed by atoms with Gasteiger partial charge in [-0.15, -0.1) is 0 Å². The summed E-state index contributed by atoms with van der Waals surface area (Å²) in [6.45, 7) is 3.11. The van der Waals surface area contributed by atoms with Crippen LogP contribution in [0.4, 0.5) is 26.3 Å². The molecular formula is C27H23F6N3O3. The van der Waals surface area contributed by atoms with Crippen LogP contribution in [-0.4, -0.2) is 36.8 Å². The van der Waals surface area contributed by atoms with Crippen LogP contribution in [0.15, 0.2) is 59.8 Å². The van der Waals surface area contributed by atoms with E-state index in [0.717, 1.165) is 12.1 Å². The molecule has 1 atom stereocenters. The number of amides is 2. The normalized spacial score (nSPS) is 17.5. The molecule has 6 nitrogen and oxygen atoms in total. The molecular weight excluding hydrogens is 528 g/mol. The van der Waals surface area contributed by atoms with Gasteiger partial charge in [0.1, 0.15) is 0 Å². The summed E-state index contributed by atoms with van der Waals surface area (Å²) in [6, 6.07) is 11.4. The number of likely N-dealkylation sites (N-methyl/N-ethyl adjacent to an activating group) is 1. The maximum Gasteiger partial charge on any atom is 0.435 e. The summed E-state index contributed by atoms with van der Waals surface area (Å²) in [6.07, 6.45) is -10.9. The Kier molecular flexibility index (Phi) is 7.33. The zero-order chi connectivity index (χ0) is 28.6. The minimum absolute atomic E-state index is 0.0195. The molecule has 2 N–H and O–H groups in total. The molecule has 2 amide bonds. The third-order valence-corrected chi connectivity index (χ3v) is 6.32. The van der Waals surface area contributed by atoms with Gasteiger partial charge in [0.15, 0.2) is 0 Å². The van der Waals surface area contributed by atoms with Crippen LogP contribution in [0, 0.1) is 6.92 Å². The number of oxime groups is 1. The third kappa shape index (κ3) is 5.41. The fraction of sp³-hybridized carbons (Fsp3) is 0.296. The fourth-order valence-electron chi connectivity index (χ4n) is 4.49. The number of alkyl halides is 6. The topological polar surface area (TPSA) is 79.8 Å². The smallest absolute Gasteiger partial charge is 0.374 e. The van der Waals surface area contributed by atoms with E-state index in [1.165, 1.54) is 19.1 Å². The van der Waals surface area contributed by atoms with Crippen LogP contribution in [0.2, 0.25) is 0 Å². The standard InChI is InChI=1S/C27H23F6N3O3/c1-3-34-23(37)14-35-24(38)21-9-8-20(18-6-4-5-7-19(18)21)22-13-25(39-36-22,27(31,32)33)16-10-15(2)11-17(12-16)26(28,29)30/h4-12H,3,13-14H2,1-2H3,(H,34,37)(H,35,38)/t25-/m0/s1. The van der Waals surface area contributed by atoms with Gasteiger partial charge in [-0.05, 0) is 42.8 Å². The highest BCUT2D eigenvalue weighted by Crippen LogP contribution is 2.50. The van der Waals surface area contributed by atoms with Crippen LogP contribution in [-0.2, 0) is 21.4 Å². The Morgan fingerprint density at radius 3 is 2.31 bits per heavy atom. The number of fused-ring (bicyclic) bond motifs is 1. The first-order valence-corrected chi connectivity index (χ1v) is 11.8. The van der Waals surface area contributed by atoms with Crippen LogP contribution in [0.25, 0.3) is 10.8 Å². The fourth-order valence-corrected chi connectivity index (χ4v) is 4.49. The van der Waals surface area contributed by atoms with Crippen molar-refractivity contribution in [1.82, 2.24) is 10.6 Å². The molecule has 1 aliphatic rings. The van der Waals surface area contributed by atoms with E-state index in [-0.39, 0.29) is 28.9 Å². The highest BCUT2D eigenvalue weighted by Gasteiger charge is 2.62. The highest BCUT2D eigenvalue weighted by molar-refractivity contribution is 6.16. The average molecular weight is 551 g/mol. The van der Waals surface area contributed by atoms with Crippen LogP contribution in [0.5, 0.6) is 0 Å². The Balaban J connectivity index is 1.73. The SMILES string of the molecule is CCNC(=O)CNC(=O)c1ccc(C2=NO[C@@](c3cc(C)cc(C(F)(F)F)c3)(C(F)(F)F)C2)c2ccccc12. The molecule has 0 aromatic heterocycles. The van der Waals surface area contributed by atoms with Crippen molar-refractivity contribution in [1.29, 1.82) is 0 Å². The van der Waals surface area contributed by atoms with E-state index in [0.29, 0.717) is 23.4 Å². The van der Waals surface area contributed by atoms with Gasteiger partial charge in [0.25, 0.3) is 11.5 Å². The number of hydrogen-bond acceptors (Lipinski definition) is 4. The first kappa shape index (κ1) is 27.9. The van der Waals surface area contributed by atoms with E-state index in [1.54, 1.807) is 31.2 Å². The van der Waals surface area contributed by atoms with Crippen molar-refractivity contribution in [3.63, 3.8) is 0 Å². The van der Waals surface area contributed by atoms with Gasteiger partial charge >= 0.3 is 12.4 Å². The molecule has 0 spiro atoms. The van der Waals surface area contributed by atoms with Gasteiger partial charge < -0.3 is 15.5 Å². The summed E-state index contributed by atoms with van der Waals surface area (Å²) in [4.78, 5) is 29.5. The molecule has 3 aromatic carbocycles. The minimum atomic E-state index is -5.11. The number of rotatable bonds is 6. The van der Waals surface area contributed by atoms with Crippen molar-refractivity contribution in [2.75, 3.05) is 13.1 Å². The Hall–Kier alpha value is -4.09. The van der Waals surface area contributed by atoms with Crippen LogP contribution in [0.3, 0.4) is 0 Å². The van der Waals surface area contributed by atoms with E-state index >= 15 is 0 Å². The summed E-state index contributed by atoms with van der Waals surface area (Å²) in [7, 11) is 0.